The standard InChI is InChI=1S/C17H15FN8S/c1-11(15-21-23-24-26(15)14-5-3-2-4-6-14)27-17-22-20-16(25(17)19)12-7-9-13(18)10-8-12/h2-11H,19H2,1H3/t11-/m1/s1. The summed E-state index contributed by atoms with van der Waals surface area (Å²) in [4.78, 5) is 0. The Balaban J connectivity index is 1.59. The summed E-state index contributed by atoms with van der Waals surface area (Å²) in [5, 5.41) is 20.6. The zero-order valence-electron chi connectivity index (χ0n) is 14.3. The van der Waals surface area contributed by atoms with Crippen LogP contribution in [0.5, 0.6) is 0 Å². The topological polar surface area (TPSA) is 100 Å². The van der Waals surface area contributed by atoms with E-state index in [-0.39, 0.29) is 11.1 Å². The van der Waals surface area contributed by atoms with Crippen LogP contribution in [0.1, 0.15) is 18.0 Å². The lowest BCUT2D eigenvalue weighted by Gasteiger charge is -2.11. The zero-order chi connectivity index (χ0) is 18.8. The van der Waals surface area contributed by atoms with Crippen LogP contribution in [-0.2, 0) is 0 Å². The van der Waals surface area contributed by atoms with Crippen molar-refractivity contribution >= 4 is 11.8 Å². The Bertz CT molecular complexity index is 1040. The van der Waals surface area contributed by atoms with Crippen molar-refractivity contribution in [3.8, 4) is 17.1 Å². The van der Waals surface area contributed by atoms with Crippen molar-refractivity contribution in [2.75, 3.05) is 5.84 Å². The molecule has 0 aliphatic rings. The number of thioether (sulfide) groups is 1. The van der Waals surface area contributed by atoms with Gasteiger partial charge in [0.1, 0.15) is 5.82 Å². The van der Waals surface area contributed by atoms with Crippen LogP contribution in [0.4, 0.5) is 4.39 Å². The second kappa shape index (κ2) is 7.16. The van der Waals surface area contributed by atoms with Gasteiger partial charge in [0.15, 0.2) is 11.6 Å². The third kappa shape index (κ3) is 3.38. The molecule has 0 fully saturated rings. The monoisotopic (exact) mass is 382 g/mol. The quantitative estimate of drug-likeness (QED) is 0.418. The Morgan fingerprint density at radius 3 is 2.48 bits per heavy atom. The van der Waals surface area contributed by atoms with Gasteiger partial charge in [0.2, 0.25) is 5.16 Å². The lowest BCUT2D eigenvalue weighted by Crippen LogP contribution is -2.12. The Kier molecular flexibility index (Phi) is 4.55. The van der Waals surface area contributed by atoms with Crippen molar-refractivity contribution in [2.24, 2.45) is 0 Å². The minimum absolute atomic E-state index is 0.132. The Hall–Kier alpha value is -3.27. The highest BCUT2D eigenvalue weighted by molar-refractivity contribution is 7.99. The van der Waals surface area contributed by atoms with Crippen LogP contribution in [0.15, 0.2) is 59.8 Å². The van der Waals surface area contributed by atoms with E-state index < -0.39 is 0 Å². The number of rotatable bonds is 5. The van der Waals surface area contributed by atoms with E-state index in [2.05, 4.69) is 25.7 Å². The van der Waals surface area contributed by atoms with Crippen LogP contribution in [0.2, 0.25) is 0 Å². The van der Waals surface area contributed by atoms with Crippen LogP contribution in [0.3, 0.4) is 0 Å². The van der Waals surface area contributed by atoms with Crippen molar-refractivity contribution in [3.63, 3.8) is 0 Å². The van der Waals surface area contributed by atoms with E-state index in [1.807, 2.05) is 37.3 Å². The van der Waals surface area contributed by atoms with Gasteiger partial charge in [-0.3, -0.25) is 0 Å². The highest BCUT2D eigenvalue weighted by atomic mass is 32.2. The molecule has 0 saturated carbocycles. The molecule has 27 heavy (non-hydrogen) atoms. The lowest BCUT2D eigenvalue weighted by molar-refractivity contribution is 0.628. The molecule has 0 saturated heterocycles. The van der Waals surface area contributed by atoms with Crippen LogP contribution in [-0.4, -0.2) is 35.1 Å². The molecular formula is C17H15FN8S. The number of halogens is 1. The Morgan fingerprint density at radius 1 is 1.00 bits per heavy atom. The molecular weight excluding hydrogens is 367 g/mol. The molecule has 0 aliphatic heterocycles. The van der Waals surface area contributed by atoms with Crippen molar-refractivity contribution < 1.29 is 4.39 Å². The van der Waals surface area contributed by atoms with E-state index >= 15 is 0 Å². The second-order valence-electron chi connectivity index (χ2n) is 5.73. The number of nitrogens with two attached hydrogens (primary N) is 1. The first-order valence-corrected chi connectivity index (χ1v) is 8.98. The van der Waals surface area contributed by atoms with Gasteiger partial charge >= 0.3 is 0 Å². The van der Waals surface area contributed by atoms with Crippen molar-refractivity contribution in [2.45, 2.75) is 17.3 Å². The van der Waals surface area contributed by atoms with E-state index in [9.17, 15) is 4.39 Å². The third-order valence-electron chi connectivity index (χ3n) is 3.91. The third-order valence-corrected chi connectivity index (χ3v) is 4.96. The first kappa shape index (κ1) is 17.2. The molecule has 2 aromatic carbocycles. The van der Waals surface area contributed by atoms with Crippen molar-refractivity contribution in [1.82, 2.24) is 35.1 Å². The number of hydrogen-bond acceptors (Lipinski definition) is 7. The molecule has 2 aromatic heterocycles. The van der Waals surface area contributed by atoms with E-state index in [1.54, 1.807) is 16.8 Å². The molecule has 4 aromatic rings. The normalized spacial score (nSPS) is 12.2. The molecule has 0 radical (unpaired) electrons. The maximum absolute atomic E-state index is 13.1. The van der Waals surface area contributed by atoms with Gasteiger partial charge in [0.25, 0.3) is 0 Å². The number of nitrogens with zero attached hydrogens (tertiary/aromatic N) is 7. The number of para-hydroxylation sites is 1. The maximum Gasteiger partial charge on any atom is 0.210 e. The molecule has 2 N–H and O–H groups in total. The summed E-state index contributed by atoms with van der Waals surface area (Å²) < 4.78 is 16.2. The molecule has 4 rings (SSSR count). The maximum atomic E-state index is 13.1. The fourth-order valence-corrected chi connectivity index (χ4v) is 3.42. The summed E-state index contributed by atoms with van der Waals surface area (Å²) in [6.07, 6.45) is 0. The summed E-state index contributed by atoms with van der Waals surface area (Å²) in [6.45, 7) is 1.96. The molecule has 10 heteroatoms. The SMILES string of the molecule is C[C@@H](Sc1nnc(-c2ccc(F)cc2)n1N)c1nnnn1-c1ccccc1. The molecule has 0 unspecified atom stereocenters. The molecule has 8 nitrogen and oxygen atoms in total. The molecule has 2 heterocycles. The first-order chi connectivity index (χ1) is 13.1. The number of benzene rings is 2. The molecule has 0 spiro atoms. The van der Waals surface area contributed by atoms with Gasteiger partial charge in [-0.25, -0.2) is 9.07 Å². The van der Waals surface area contributed by atoms with Crippen LogP contribution in [0.25, 0.3) is 17.1 Å². The fraction of sp³-hybridized carbons (Fsp3) is 0.118. The van der Waals surface area contributed by atoms with Crippen molar-refractivity contribution in [1.29, 1.82) is 0 Å². The van der Waals surface area contributed by atoms with E-state index in [4.69, 9.17) is 5.84 Å². The molecule has 136 valence electrons. The molecule has 1 atom stereocenters. The van der Waals surface area contributed by atoms with Gasteiger partial charge in [0.05, 0.1) is 10.9 Å². The average Bonchev–Trinajstić information content (AvgIpc) is 3.31. The summed E-state index contributed by atoms with van der Waals surface area (Å²) >= 11 is 1.38. The van der Waals surface area contributed by atoms with Gasteiger partial charge in [0, 0.05) is 5.56 Å². The first-order valence-electron chi connectivity index (χ1n) is 8.10. The Labute approximate surface area is 158 Å². The van der Waals surface area contributed by atoms with Gasteiger partial charge < -0.3 is 5.84 Å². The second-order valence-corrected chi connectivity index (χ2v) is 7.04. The van der Waals surface area contributed by atoms with Gasteiger partial charge in [-0.2, -0.15) is 4.68 Å². The lowest BCUT2D eigenvalue weighted by atomic mass is 10.2. The smallest absolute Gasteiger partial charge is 0.210 e. The van der Waals surface area contributed by atoms with Crippen LogP contribution >= 0.6 is 11.8 Å². The summed E-state index contributed by atoms with van der Waals surface area (Å²) in [7, 11) is 0. The predicted molar refractivity (Wildman–Crippen MR) is 99.0 cm³/mol. The number of nitrogen functional groups attached to an aromatic ring is 1. The van der Waals surface area contributed by atoms with Crippen LogP contribution in [0, 0.1) is 5.82 Å². The van der Waals surface area contributed by atoms with E-state index in [0.29, 0.717) is 22.4 Å². The Morgan fingerprint density at radius 2 is 1.74 bits per heavy atom. The van der Waals surface area contributed by atoms with Gasteiger partial charge in [-0.05, 0) is 53.7 Å². The van der Waals surface area contributed by atoms with Gasteiger partial charge in [-0.1, -0.05) is 30.0 Å². The predicted octanol–water partition coefficient (Wildman–Crippen LogP) is 2.63. The number of hydrogen-bond donors (Lipinski definition) is 1. The summed E-state index contributed by atoms with van der Waals surface area (Å²) in [6, 6.07) is 15.5. The molecule has 0 bridgehead atoms. The van der Waals surface area contributed by atoms with E-state index in [0.717, 1.165) is 5.69 Å². The summed E-state index contributed by atoms with van der Waals surface area (Å²) in [5.74, 6) is 6.94. The number of aromatic nitrogens is 7. The van der Waals surface area contributed by atoms with Gasteiger partial charge in [-0.15, -0.1) is 15.3 Å². The molecule has 0 amide bonds. The minimum atomic E-state index is -0.321. The summed E-state index contributed by atoms with van der Waals surface area (Å²) in [5.41, 5.74) is 1.55. The zero-order valence-corrected chi connectivity index (χ0v) is 15.1. The van der Waals surface area contributed by atoms with Crippen molar-refractivity contribution in [3.05, 3.63) is 66.2 Å². The largest absolute Gasteiger partial charge is 0.335 e. The highest BCUT2D eigenvalue weighted by Gasteiger charge is 2.21. The molecule has 0 aliphatic carbocycles. The number of tetrazole rings is 1. The minimum Gasteiger partial charge on any atom is -0.335 e. The highest BCUT2D eigenvalue weighted by Crippen LogP contribution is 2.33. The van der Waals surface area contributed by atoms with E-state index in [1.165, 1.54) is 28.6 Å². The fourth-order valence-electron chi connectivity index (χ4n) is 2.56. The average molecular weight is 382 g/mol. The van der Waals surface area contributed by atoms with Crippen LogP contribution < -0.4 is 5.84 Å².